The number of methoxy groups -OCH3 is 1. The molecule has 1 saturated heterocycles. The van der Waals surface area contributed by atoms with E-state index in [0.717, 1.165) is 0 Å². The molecule has 10 nitrogen and oxygen atoms in total. The number of benzene rings is 1. The van der Waals surface area contributed by atoms with Crippen molar-refractivity contribution in [3.63, 3.8) is 0 Å². The Labute approximate surface area is 195 Å². The van der Waals surface area contributed by atoms with Crippen LogP contribution in [-0.4, -0.2) is 66.3 Å². The summed E-state index contributed by atoms with van der Waals surface area (Å²) in [5, 5.41) is 5.28. The van der Waals surface area contributed by atoms with E-state index in [1.54, 1.807) is 30.4 Å². The molecule has 3 heterocycles. The molecule has 0 bridgehead atoms. The van der Waals surface area contributed by atoms with Crippen molar-refractivity contribution in [3.05, 3.63) is 35.2 Å². The Kier molecular flexibility index (Phi) is 6.50. The highest BCUT2D eigenvalue weighted by Gasteiger charge is 2.31. The highest BCUT2D eigenvalue weighted by atomic mass is 32.1. The molecule has 0 saturated carbocycles. The van der Waals surface area contributed by atoms with Gasteiger partial charge >= 0.3 is 12.0 Å². The molecule has 1 fully saturated rings. The smallest absolute Gasteiger partial charge is 0.339 e. The lowest BCUT2D eigenvalue weighted by atomic mass is 10.1. The molecule has 4 rings (SSSR count). The number of aromatic nitrogens is 2. The highest BCUT2D eigenvalue weighted by molar-refractivity contribution is 7.17. The number of nitrogens with one attached hydrogen (secondary N) is 1. The van der Waals surface area contributed by atoms with Crippen molar-refractivity contribution in [1.82, 2.24) is 14.9 Å². The number of carbonyl (C=O) groups is 2. The van der Waals surface area contributed by atoms with Crippen molar-refractivity contribution in [2.75, 3.05) is 49.3 Å². The number of ether oxygens (including phenoxy) is 2. The number of esters is 1. The zero-order valence-corrected chi connectivity index (χ0v) is 19.5. The van der Waals surface area contributed by atoms with Crippen molar-refractivity contribution >= 4 is 51.0 Å². The van der Waals surface area contributed by atoms with Crippen molar-refractivity contribution in [3.8, 4) is 5.75 Å². The molecular weight excluding hydrogens is 444 g/mol. The maximum absolute atomic E-state index is 12.9. The highest BCUT2D eigenvalue weighted by Crippen LogP contribution is 2.34. The molecule has 0 spiro atoms. The topological polar surface area (TPSA) is 123 Å². The number of piperazine rings is 1. The molecule has 1 aliphatic rings. The van der Waals surface area contributed by atoms with E-state index in [0.29, 0.717) is 52.7 Å². The second-order valence-corrected chi connectivity index (χ2v) is 8.46. The lowest BCUT2D eigenvalue weighted by Gasteiger charge is -2.40. The average molecular weight is 471 g/mol. The number of nitrogens with two attached hydrogens (primary N) is 1. The quantitative estimate of drug-likeness (QED) is 0.545. The van der Waals surface area contributed by atoms with Gasteiger partial charge in [-0.15, -0.1) is 11.3 Å². The van der Waals surface area contributed by atoms with Gasteiger partial charge in [-0.2, -0.15) is 4.98 Å². The van der Waals surface area contributed by atoms with E-state index in [4.69, 9.17) is 15.2 Å². The van der Waals surface area contributed by atoms with Crippen molar-refractivity contribution in [1.29, 1.82) is 0 Å². The van der Waals surface area contributed by atoms with Crippen LogP contribution in [0.5, 0.6) is 5.75 Å². The van der Waals surface area contributed by atoms with E-state index in [-0.39, 0.29) is 24.6 Å². The van der Waals surface area contributed by atoms with Gasteiger partial charge in [-0.25, -0.2) is 14.6 Å². The van der Waals surface area contributed by atoms with Crippen LogP contribution >= 0.6 is 11.3 Å². The minimum Gasteiger partial charge on any atom is -0.497 e. The normalized spacial score (nSPS) is 16.0. The van der Waals surface area contributed by atoms with Crippen LogP contribution in [0, 0.1) is 0 Å². The van der Waals surface area contributed by atoms with Gasteiger partial charge in [-0.3, -0.25) is 0 Å². The number of nitrogens with zero attached hydrogens (tertiary/aromatic N) is 4. The summed E-state index contributed by atoms with van der Waals surface area (Å²) in [7, 11) is 1.58. The zero-order valence-electron chi connectivity index (χ0n) is 18.7. The molecule has 11 heteroatoms. The predicted octanol–water partition coefficient (Wildman–Crippen LogP) is 3.20. The number of amides is 2. The first-order valence-electron chi connectivity index (χ1n) is 10.6. The van der Waals surface area contributed by atoms with Crippen molar-refractivity contribution < 1.29 is 19.1 Å². The average Bonchev–Trinajstić information content (AvgIpc) is 3.22. The molecule has 0 aliphatic carbocycles. The third kappa shape index (κ3) is 4.63. The molecular formula is C22H26N6O4S. The van der Waals surface area contributed by atoms with Crippen LogP contribution in [0.1, 0.15) is 24.2 Å². The number of fused-ring (bicyclic) bond motifs is 1. The first-order chi connectivity index (χ1) is 15.9. The lowest BCUT2D eigenvalue weighted by molar-refractivity contribution is 0.0529. The fraction of sp³-hybridized carbons (Fsp3) is 0.364. The second-order valence-electron chi connectivity index (χ2n) is 7.61. The lowest BCUT2D eigenvalue weighted by Crippen LogP contribution is -2.55. The Balaban J connectivity index is 1.54. The predicted molar refractivity (Wildman–Crippen MR) is 128 cm³/mol. The SMILES string of the molecule is CCOC(=O)c1csc2nc(N)nc(N3CCN(C(=O)Nc4cccc(OC)c4)C(C)C3)c12. The molecule has 1 aliphatic heterocycles. The fourth-order valence-corrected chi connectivity index (χ4v) is 4.78. The molecule has 1 atom stereocenters. The second kappa shape index (κ2) is 9.49. The molecule has 3 aromatic rings. The Morgan fingerprint density at radius 1 is 1.30 bits per heavy atom. The van der Waals surface area contributed by atoms with Crippen LogP contribution in [0.2, 0.25) is 0 Å². The van der Waals surface area contributed by atoms with Gasteiger partial charge < -0.3 is 30.3 Å². The number of urea groups is 1. The van der Waals surface area contributed by atoms with Gasteiger partial charge in [0.1, 0.15) is 16.4 Å². The fourth-order valence-electron chi connectivity index (χ4n) is 3.88. The molecule has 2 amide bonds. The molecule has 1 unspecified atom stereocenters. The van der Waals surface area contributed by atoms with Crippen molar-refractivity contribution in [2.24, 2.45) is 0 Å². The van der Waals surface area contributed by atoms with Crippen LogP contribution in [0.15, 0.2) is 29.6 Å². The number of rotatable bonds is 5. The summed E-state index contributed by atoms with van der Waals surface area (Å²) in [6, 6.07) is 6.93. The minimum atomic E-state index is -0.414. The number of anilines is 3. The van der Waals surface area contributed by atoms with E-state index in [9.17, 15) is 9.59 Å². The Morgan fingerprint density at radius 2 is 2.12 bits per heavy atom. The third-order valence-electron chi connectivity index (χ3n) is 5.44. The van der Waals surface area contributed by atoms with Gasteiger partial charge in [0.15, 0.2) is 0 Å². The van der Waals surface area contributed by atoms with Crippen LogP contribution < -0.4 is 20.7 Å². The van der Waals surface area contributed by atoms with Gasteiger partial charge in [0.05, 0.1) is 24.7 Å². The van der Waals surface area contributed by atoms with Gasteiger partial charge in [0, 0.05) is 42.8 Å². The molecule has 33 heavy (non-hydrogen) atoms. The Morgan fingerprint density at radius 3 is 2.85 bits per heavy atom. The summed E-state index contributed by atoms with van der Waals surface area (Å²) in [5.74, 6) is 0.981. The number of thiophene rings is 1. The number of nitrogen functional groups attached to an aromatic ring is 1. The largest absolute Gasteiger partial charge is 0.497 e. The standard InChI is InChI=1S/C22H26N6O4S/c1-4-32-20(29)16-12-33-19-17(16)18(25-21(23)26-19)27-8-9-28(13(2)11-27)22(30)24-14-6-5-7-15(10-14)31-3/h5-7,10,12-13H,4,8-9,11H2,1-3H3,(H,24,30)(H2,23,25,26). The Hall–Kier alpha value is -3.60. The van der Waals surface area contributed by atoms with E-state index < -0.39 is 5.97 Å². The molecule has 0 radical (unpaired) electrons. The number of hydrogen-bond donors (Lipinski definition) is 2. The van der Waals surface area contributed by atoms with Gasteiger partial charge in [0.25, 0.3) is 0 Å². The van der Waals surface area contributed by atoms with Crippen molar-refractivity contribution in [2.45, 2.75) is 19.9 Å². The molecule has 1 aromatic carbocycles. The monoisotopic (exact) mass is 470 g/mol. The molecule has 2 aromatic heterocycles. The zero-order chi connectivity index (χ0) is 23.5. The summed E-state index contributed by atoms with van der Waals surface area (Å²) in [4.78, 5) is 38.6. The van der Waals surface area contributed by atoms with E-state index in [1.807, 2.05) is 30.0 Å². The number of carbonyl (C=O) groups excluding carboxylic acids is 2. The third-order valence-corrected chi connectivity index (χ3v) is 6.31. The Bertz CT molecular complexity index is 1180. The summed E-state index contributed by atoms with van der Waals surface area (Å²) >= 11 is 1.33. The first kappa shape index (κ1) is 22.6. The maximum Gasteiger partial charge on any atom is 0.339 e. The molecule has 174 valence electrons. The number of hydrogen-bond acceptors (Lipinski definition) is 9. The molecule has 3 N–H and O–H groups in total. The first-order valence-corrected chi connectivity index (χ1v) is 11.5. The maximum atomic E-state index is 12.9. The summed E-state index contributed by atoms with van der Waals surface area (Å²) in [5.41, 5.74) is 7.04. The summed E-state index contributed by atoms with van der Waals surface area (Å²) in [6.45, 7) is 5.54. The summed E-state index contributed by atoms with van der Waals surface area (Å²) in [6.07, 6.45) is 0. The summed E-state index contributed by atoms with van der Waals surface area (Å²) < 4.78 is 10.4. The van der Waals surface area contributed by atoms with Crippen LogP contribution in [0.4, 0.5) is 22.2 Å². The van der Waals surface area contributed by atoms with Crippen LogP contribution in [-0.2, 0) is 4.74 Å². The van der Waals surface area contributed by atoms with E-state index in [2.05, 4.69) is 15.3 Å². The van der Waals surface area contributed by atoms with E-state index >= 15 is 0 Å². The van der Waals surface area contributed by atoms with Gasteiger partial charge in [-0.05, 0) is 26.0 Å². The minimum absolute atomic E-state index is 0.111. The van der Waals surface area contributed by atoms with Gasteiger partial charge in [-0.1, -0.05) is 6.07 Å². The van der Waals surface area contributed by atoms with E-state index in [1.165, 1.54) is 11.3 Å². The van der Waals surface area contributed by atoms with Crippen LogP contribution in [0.3, 0.4) is 0 Å². The van der Waals surface area contributed by atoms with Gasteiger partial charge in [0.2, 0.25) is 5.95 Å². The van der Waals surface area contributed by atoms with Crippen LogP contribution in [0.25, 0.3) is 10.2 Å².